The standard InChI is InChI=1S/C22H17NO3/c1-13-9-14(2)21-17(10-13)18(22(24)25)12-19(23-21)15-5-3-6-16(11-15)20-7-4-8-26-20/h3-12H,1-2H3,(H,24,25). The Morgan fingerprint density at radius 1 is 1.00 bits per heavy atom. The molecule has 0 saturated heterocycles. The number of rotatable bonds is 3. The highest BCUT2D eigenvalue weighted by Gasteiger charge is 2.15. The summed E-state index contributed by atoms with van der Waals surface area (Å²) < 4.78 is 5.46. The lowest BCUT2D eigenvalue weighted by atomic mass is 9.99. The summed E-state index contributed by atoms with van der Waals surface area (Å²) in [5.74, 6) is -0.191. The number of aromatic carboxylic acids is 1. The van der Waals surface area contributed by atoms with Crippen molar-refractivity contribution in [3.8, 4) is 22.6 Å². The molecular weight excluding hydrogens is 326 g/mol. The minimum atomic E-state index is -0.953. The van der Waals surface area contributed by atoms with Crippen LogP contribution in [-0.2, 0) is 0 Å². The van der Waals surface area contributed by atoms with Gasteiger partial charge in [0.05, 0.1) is 23.0 Å². The van der Waals surface area contributed by atoms with Gasteiger partial charge in [-0.3, -0.25) is 0 Å². The van der Waals surface area contributed by atoms with Crippen LogP contribution in [0, 0.1) is 13.8 Å². The first-order valence-corrected chi connectivity index (χ1v) is 8.32. The molecule has 0 aliphatic rings. The van der Waals surface area contributed by atoms with Gasteiger partial charge in [-0.15, -0.1) is 0 Å². The molecule has 0 spiro atoms. The van der Waals surface area contributed by atoms with Crippen LogP contribution in [0.4, 0.5) is 0 Å². The van der Waals surface area contributed by atoms with Gasteiger partial charge in [0, 0.05) is 16.5 Å². The van der Waals surface area contributed by atoms with Crippen LogP contribution in [0.3, 0.4) is 0 Å². The maximum Gasteiger partial charge on any atom is 0.336 e. The number of aryl methyl sites for hydroxylation is 2. The van der Waals surface area contributed by atoms with E-state index in [1.807, 2.05) is 62.4 Å². The monoisotopic (exact) mass is 343 g/mol. The zero-order valence-electron chi connectivity index (χ0n) is 14.5. The molecule has 2 aromatic carbocycles. The topological polar surface area (TPSA) is 63.3 Å². The van der Waals surface area contributed by atoms with Crippen LogP contribution in [0.5, 0.6) is 0 Å². The minimum Gasteiger partial charge on any atom is -0.478 e. The quantitative estimate of drug-likeness (QED) is 0.535. The molecule has 0 aliphatic heterocycles. The van der Waals surface area contributed by atoms with Gasteiger partial charge >= 0.3 is 5.97 Å². The lowest BCUT2D eigenvalue weighted by Crippen LogP contribution is -2.01. The van der Waals surface area contributed by atoms with Gasteiger partial charge in [-0.05, 0) is 49.7 Å². The first-order chi connectivity index (χ1) is 12.5. The predicted molar refractivity (Wildman–Crippen MR) is 101 cm³/mol. The molecule has 128 valence electrons. The summed E-state index contributed by atoms with van der Waals surface area (Å²) in [6, 6.07) is 17.0. The first kappa shape index (κ1) is 16.1. The molecule has 0 saturated carbocycles. The molecule has 4 aromatic rings. The fourth-order valence-electron chi connectivity index (χ4n) is 3.28. The number of carboxylic acids is 1. The zero-order valence-corrected chi connectivity index (χ0v) is 14.5. The van der Waals surface area contributed by atoms with Gasteiger partial charge in [0.1, 0.15) is 5.76 Å². The molecule has 0 aliphatic carbocycles. The van der Waals surface area contributed by atoms with Gasteiger partial charge in [0.25, 0.3) is 0 Å². The minimum absolute atomic E-state index is 0.264. The fraction of sp³-hybridized carbons (Fsp3) is 0.0909. The van der Waals surface area contributed by atoms with Crippen LogP contribution in [0.1, 0.15) is 21.5 Å². The second kappa shape index (κ2) is 6.15. The summed E-state index contributed by atoms with van der Waals surface area (Å²) in [4.78, 5) is 16.6. The van der Waals surface area contributed by atoms with Gasteiger partial charge < -0.3 is 9.52 Å². The Balaban J connectivity index is 1.95. The molecule has 0 atom stereocenters. The van der Waals surface area contributed by atoms with Crippen molar-refractivity contribution in [2.45, 2.75) is 13.8 Å². The molecule has 26 heavy (non-hydrogen) atoms. The van der Waals surface area contributed by atoms with E-state index in [9.17, 15) is 9.90 Å². The van der Waals surface area contributed by atoms with E-state index in [0.717, 1.165) is 28.0 Å². The Labute approximate surface area is 150 Å². The molecule has 2 heterocycles. The van der Waals surface area contributed by atoms with E-state index in [1.54, 1.807) is 12.3 Å². The van der Waals surface area contributed by atoms with Crippen molar-refractivity contribution in [3.63, 3.8) is 0 Å². The number of carboxylic acid groups (broad SMARTS) is 1. The van der Waals surface area contributed by atoms with E-state index in [4.69, 9.17) is 9.40 Å². The van der Waals surface area contributed by atoms with E-state index in [-0.39, 0.29) is 5.56 Å². The molecule has 2 aromatic heterocycles. The van der Waals surface area contributed by atoms with Crippen LogP contribution < -0.4 is 0 Å². The Morgan fingerprint density at radius 3 is 2.54 bits per heavy atom. The smallest absolute Gasteiger partial charge is 0.336 e. The molecule has 1 N–H and O–H groups in total. The summed E-state index contributed by atoms with van der Waals surface area (Å²) in [7, 11) is 0. The number of aromatic nitrogens is 1. The molecule has 0 bridgehead atoms. The van der Waals surface area contributed by atoms with Gasteiger partial charge in [-0.25, -0.2) is 9.78 Å². The molecule has 4 nitrogen and oxygen atoms in total. The number of hydrogen-bond acceptors (Lipinski definition) is 3. The van der Waals surface area contributed by atoms with Crippen molar-refractivity contribution in [2.24, 2.45) is 0 Å². The highest BCUT2D eigenvalue weighted by Crippen LogP contribution is 2.30. The van der Waals surface area contributed by atoms with E-state index in [2.05, 4.69) is 0 Å². The maximum absolute atomic E-state index is 11.8. The summed E-state index contributed by atoms with van der Waals surface area (Å²) in [5.41, 5.74) is 5.37. The van der Waals surface area contributed by atoms with Crippen LogP contribution in [-0.4, -0.2) is 16.1 Å². The third-order valence-corrected chi connectivity index (χ3v) is 4.44. The number of hydrogen-bond donors (Lipinski definition) is 1. The molecular formula is C22H17NO3. The van der Waals surface area contributed by atoms with Crippen molar-refractivity contribution in [3.05, 3.63) is 77.6 Å². The van der Waals surface area contributed by atoms with Crippen molar-refractivity contribution in [1.82, 2.24) is 4.98 Å². The average molecular weight is 343 g/mol. The maximum atomic E-state index is 11.8. The molecule has 0 unspecified atom stereocenters. The van der Waals surface area contributed by atoms with Crippen molar-refractivity contribution < 1.29 is 14.3 Å². The van der Waals surface area contributed by atoms with Crippen LogP contribution in [0.15, 0.2) is 65.3 Å². The Kier molecular flexibility index (Phi) is 3.81. The number of furan rings is 1. The lowest BCUT2D eigenvalue weighted by molar-refractivity contribution is 0.0699. The van der Waals surface area contributed by atoms with Crippen molar-refractivity contribution in [1.29, 1.82) is 0 Å². The number of fused-ring (bicyclic) bond motifs is 1. The predicted octanol–water partition coefficient (Wildman–Crippen LogP) is 5.48. The SMILES string of the molecule is Cc1cc(C)c2nc(-c3cccc(-c4ccco4)c3)cc(C(=O)O)c2c1. The highest BCUT2D eigenvalue weighted by molar-refractivity contribution is 6.04. The fourth-order valence-corrected chi connectivity index (χ4v) is 3.28. The molecule has 4 rings (SSSR count). The first-order valence-electron chi connectivity index (χ1n) is 8.32. The second-order valence-corrected chi connectivity index (χ2v) is 6.40. The van der Waals surface area contributed by atoms with Crippen molar-refractivity contribution >= 4 is 16.9 Å². The van der Waals surface area contributed by atoms with E-state index in [0.29, 0.717) is 16.6 Å². The number of nitrogens with zero attached hydrogens (tertiary/aromatic N) is 1. The number of benzene rings is 2. The Bertz CT molecular complexity index is 1130. The van der Waals surface area contributed by atoms with Crippen LogP contribution in [0.2, 0.25) is 0 Å². The van der Waals surface area contributed by atoms with E-state index >= 15 is 0 Å². The summed E-state index contributed by atoms with van der Waals surface area (Å²) in [5, 5.41) is 10.4. The van der Waals surface area contributed by atoms with E-state index in [1.165, 1.54) is 0 Å². The summed E-state index contributed by atoms with van der Waals surface area (Å²) >= 11 is 0. The summed E-state index contributed by atoms with van der Waals surface area (Å²) in [6.07, 6.45) is 1.63. The van der Waals surface area contributed by atoms with Crippen molar-refractivity contribution in [2.75, 3.05) is 0 Å². The van der Waals surface area contributed by atoms with Crippen LogP contribution in [0.25, 0.3) is 33.5 Å². The lowest BCUT2D eigenvalue weighted by Gasteiger charge is -2.11. The summed E-state index contributed by atoms with van der Waals surface area (Å²) in [6.45, 7) is 3.91. The Hall–Kier alpha value is -3.40. The average Bonchev–Trinajstić information content (AvgIpc) is 3.15. The zero-order chi connectivity index (χ0) is 18.3. The van der Waals surface area contributed by atoms with Crippen LogP contribution >= 0.6 is 0 Å². The molecule has 0 amide bonds. The third-order valence-electron chi connectivity index (χ3n) is 4.44. The highest BCUT2D eigenvalue weighted by atomic mass is 16.4. The number of carbonyl (C=O) groups is 1. The molecule has 4 heteroatoms. The van der Waals surface area contributed by atoms with Gasteiger partial charge in [0.15, 0.2) is 0 Å². The molecule has 0 fully saturated rings. The second-order valence-electron chi connectivity index (χ2n) is 6.40. The normalized spacial score (nSPS) is 11.0. The largest absolute Gasteiger partial charge is 0.478 e. The van der Waals surface area contributed by atoms with Gasteiger partial charge in [-0.2, -0.15) is 0 Å². The third kappa shape index (κ3) is 2.75. The van der Waals surface area contributed by atoms with Gasteiger partial charge in [-0.1, -0.05) is 29.8 Å². The van der Waals surface area contributed by atoms with Gasteiger partial charge in [0.2, 0.25) is 0 Å². The van der Waals surface area contributed by atoms with E-state index < -0.39 is 5.97 Å². The number of pyridine rings is 1. The Morgan fingerprint density at radius 2 is 1.81 bits per heavy atom. The molecule has 0 radical (unpaired) electrons.